The molecule has 0 aliphatic rings. The van der Waals surface area contributed by atoms with Crippen molar-refractivity contribution in [3.63, 3.8) is 0 Å². The van der Waals surface area contributed by atoms with E-state index in [4.69, 9.17) is 0 Å². The maximum atomic E-state index is 12.9. The maximum absolute atomic E-state index is 12.9. The molecule has 0 aliphatic heterocycles. The molecule has 0 atom stereocenters. The number of rotatable bonds is 3. The third-order valence-electron chi connectivity index (χ3n) is 1.26. The smallest absolute Gasteiger partial charge is 0.139 e. The molecule has 64 valence electrons. The van der Waals surface area contributed by atoms with Gasteiger partial charge in [0.1, 0.15) is 11.6 Å². The van der Waals surface area contributed by atoms with Gasteiger partial charge in [0.2, 0.25) is 0 Å². The van der Waals surface area contributed by atoms with Gasteiger partial charge in [0.25, 0.3) is 0 Å². The van der Waals surface area contributed by atoms with Gasteiger partial charge >= 0.3 is 0 Å². The van der Waals surface area contributed by atoms with Crippen LogP contribution in [0.3, 0.4) is 0 Å². The first-order valence-corrected chi connectivity index (χ1v) is 4.42. The summed E-state index contributed by atoms with van der Waals surface area (Å²) in [6, 6.07) is 3.84. The van der Waals surface area contributed by atoms with Crippen molar-refractivity contribution < 1.29 is 8.78 Å². The summed E-state index contributed by atoms with van der Waals surface area (Å²) in [5, 5.41) is 0. The second-order valence-corrected chi connectivity index (χ2v) is 3.18. The number of hydrogen-bond acceptors (Lipinski definition) is 1. The molecular weight excluding hydrogens is 178 g/mol. The van der Waals surface area contributed by atoms with Gasteiger partial charge in [-0.1, -0.05) is 12.1 Å². The van der Waals surface area contributed by atoms with Crippen LogP contribution in [0.4, 0.5) is 8.78 Å². The van der Waals surface area contributed by atoms with E-state index in [1.165, 1.54) is 18.2 Å². The van der Waals surface area contributed by atoms with Crippen LogP contribution in [0.15, 0.2) is 35.7 Å². The molecule has 0 saturated heterocycles. The fourth-order valence-corrected chi connectivity index (χ4v) is 1.46. The van der Waals surface area contributed by atoms with E-state index in [9.17, 15) is 8.78 Å². The first-order chi connectivity index (χ1) is 5.75. The van der Waals surface area contributed by atoms with Crippen LogP contribution in [-0.2, 0) is 0 Å². The SMILES string of the molecule is C=CCSc1c(F)cccc1F. The van der Waals surface area contributed by atoms with E-state index in [1.54, 1.807) is 6.08 Å². The molecule has 1 aromatic carbocycles. The number of hydrogen-bond donors (Lipinski definition) is 0. The van der Waals surface area contributed by atoms with E-state index in [1.807, 2.05) is 0 Å². The van der Waals surface area contributed by atoms with Crippen LogP contribution in [0.5, 0.6) is 0 Å². The van der Waals surface area contributed by atoms with Gasteiger partial charge in [-0.3, -0.25) is 0 Å². The van der Waals surface area contributed by atoms with E-state index in [2.05, 4.69) is 6.58 Å². The van der Waals surface area contributed by atoms with E-state index in [-0.39, 0.29) is 4.90 Å². The van der Waals surface area contributed by atoms with Gasteiger partial charge < -0.3 is 0 Å². The quantitative estimate of drug-likeness (QED) is 0.516. The Hall–Kier alpha value is -0.830. The van der Waals surface area contributed by atoms with Crippen molar-refractivity contribution in [3.05, 3.63) is 42.5 Å². The minimum absolute atomic E-state index is 0.0670. The van der Waals surface area contributed by atoms with E-state index in [0.29, 0.717) is 5.75 Å². The molecule has 3 heteroatoms. The molecule has 0 bridgehead atoms. The van der Waals surface area contributed by atoms with E-state index >= 15 is 0 Å². The van der Waals surface area contributed by atoms with Gasteiger partial charge in [-0.2, -0.15) is 0 Å². The highest BCUT2D eigenvalue weighted by molar-refractivity contribution is 7.99. The normalized spacial score (nSPS) is 9.83. The Morgan fingerprint density at radius 1 is 1.33 bits per heavy atom. The summed E-state index contributed by atoms with van der Waals surface area (Å²) < 4.78 is 25.8. The lowest BCUT2D eigenvalue weighted by Crippen LogP contribution is -1.86. The van der Waals surface area contributed by atoms with Crippen molar-refractivity contribution in [3.8, 4) is 0 Å². The molecule has 0 radical (unpaired) electrons. The van der Waals surface area contributed by atoms with Crippen LogP contribution in [-0.4, -0.2) is 5.75 Å². The lowest BCUT2D eigenvalue weighted by atomic mass is 10.3. The van der Waals surface area contributed by atoms with Gasteiger partial charge in [0.05, 0.1) is 4.90 Å². The zero-order valence-electron chi connectivity index (χ0n) is 6.39. The van der Waals surface area contributed by atoms with Gasteiger partial charge in [-0.05, 0) is 12.1 Å². The van der Waals surface area contributed by atoms with Crippen molar-refractivity contribution >= 4 is 11.8 Å². The second-order valence-electron chi connectivity index (χ2n) is 2.15. The molecule has 0 amide bonds. The van der Waals surface area contributed by atoms with Crippen LogP contribution >= 0.6 is 11.8 Å². The Morgan fingerprint density at radius 2 is 1.92 bits per heavy atom. The number of thioether (sulfide) groups is 1. The molecule has 0 spiro atoms. The van der Waals surface area contributed by atoms with Crippen LogP contribution in [0.25, 0.3) is 0 Å². The largest absolute Gasteiger partial charge is 0.206 e. The Kier molecular flexibility index (Phi) is 3.29. The van der Waals surface area contributed by atoms with Crippen molar-refractivity contribution in [2.75, 3.05) is 5.75 Å². The standard InChI is InChI=1S/C9H8F2S/c1-2-6-12-9-7(10)4-3-5-8(9)11/h2-5H,1,6H2. The maximum Gasteiger partial charge on any atom is 0.139 e. The molecule has 0 aromatic heterocycles. The molecule has 0 saturated carbocycles. The molecule has 1 aromatic rings. The van der Waals surface area contributed by atoms with Crippen LogP contribution in [0.1, 0.15) is 0 Å². The topological polar surface area (TPSA) is 0 Å². The predicted molar refractivity (Wildman–Crippen MR) is 47.3 cm³/mol. The fourth-order valence-electron chi connectivity index (χ4n) is 0.763. The van der Waals surface area contributed by atoms with Gasteiger partial charge in [-0.15, -0.1) is 18.3 Å². The molecule has 0 nitrogen and oxygen atoms in total. The molecular formula is C9H8F2S. The lowest BCUT2D eigenvalue weighted by molar-refractivity contribution is 0.541. The van der Waals surface area contributed by atoms with E-state index in [0.717, 1.165) is 11.8 Å². The fraction of sp³-hybridized carbons (Fsp3) is 0.111. The Labute approximate surface area is 74.3 Å². The highest BCUT2D eigenvalue weighted by Gasteiger charge is 2.06. The first-order valence-electron chi connectivity index (χ1n) is 3.43. The number of benzene rings is 1. The summed E-state index contributed by atoms with van der Waals surface area (Å²) in [5.41, 5.74) is 0. The summed E-state index contributed by atoms with van der Waals surface area (Å²) in [7, 11) is 0. The van der Waals surface area contributed by atoms with Gasteiger partial charge in [-0.25, -0.2) is 8.78 Å². The van der Waals surface area contributed by atoms with Crippen LogP contribution in [0.2, 0.25) is 0 Å². The molecule has 0 aliphatic carbocycles. The molecule has 0 heterocycles. The third kappa shape index (κ3) is 2.08. The lowest BCUT2D eigenvalue weighted by Gasteiger charge is -2.00. The highest BCUT2D eigenvalue weighted by atomic mass is 32.2. The van der Waals surface area contributed by atoms with E-state index < -0.39 is 11.6 Å². The minimum Gasteiger partial charge on any atom is -0.206 e. The predicted octanol–water partition coefficient (Wildman–Crippen LogP) is 3.24. The Balaban J connectivity index is 2.88. The first kappa shape index (κ1) is 9.26. The van der Waals surface area contributed by atoms with Crippen molar-refractivity contribution in [2.24, 2.45) is 0 Å². The zero-order chi connectivity index (χ0) is 8.97. The molecule has 0 N–H and O–H groups in total. The molecule has 0 unspecified atom stereocenters. The summed E-state index contributed by atoms with van der Waals surface area (Å²) in [6.07, 6.45) is 1.61. The zero-order valence-corrected chi connectivity index (χ0v) is 7.20. The summed E-state index contributed by atoms with van der Waals surface area (Å²) >= 11 is 1.11. The highest BCUT2D eigenvalue weighted by Crippen LogP contribution is 2.24. The average Bonchev–Trinajstić information content (AvgIpc) is 2.04. The summed E-state index contributed by atoms with van der Waals surface area (Å²) in [5.74, 6) is -0.513. The minimum atomic E-state index is -0.512. The number of halogens is 2. The van der Waals surface area contributed by atoms with Crippen molar-refractivity contribution in [2.45, 2.75) is 4.90 Å². The monoisotopic (exact) mass is 186 g/mol. The molecule has 0 fully saturated rings. The molecule has 12 heavy (non-hydrogen) atoms. The van der Waals surface area contributed by atoms with Crippen LogP contribution in [0, 0.1) is 11.6 Å². The van der Waals surface area contributed by atoms with Crippen molar-refractivity contribution in [1.82, 2.24) is 0 Å². The van der Waals surface area contributed by atoms with Gasteiger partial charge in [0.15, 0.2) is 0 Å². The molecule has 1 rings (SSSR count). The average molecular weight is 186 g/mol. The third-order valence-corrected chi connectivity index (χ3v) is 2.35. The second kappa shape index (κ2) is 4.26. The Morgan fingerprint density at radius 3 is 2.42 bits per heavy atom. The van der Waals surface area contributed by atoms with Gasteiger partial charge in [0, 0.05) is 5.75 Å². The summed E-state index contributed by atoms with van der Waals surface area (Å²) in [4.78, 5) is 0.0670. The van der Waals surface area contributed by atoms with Crippen molar-refractivity contribution in [1.29, 1.82) is 0 Å². The summed E-state index contributed by atoms with van der Waals surface area (Å²) in [6.45, 7) is 3.47. The Bertz CT molecular complexity index is 264. The van der Waals surface area contributed by atoms with Crippen LogP contribution < -0.4 is 0 Å².